The van der Waals surface area contributed by atoms with Crippen LogP contribution >= 0.6 is 0 Å². The predicted octanol–water partition coefficient (Wildman–Crippen LogP) is 1.81. The minimum absolute atomic E-state index is 0.265. The number of benzene rings is 1. The smallest absolute Gasteiger partial charge is 0.276 e. The third-order valence-corrected chi connectivity index (χ3v) is 3.07. The molecule has 0 atom stereocenters. The van der Waals surface area contributed by atoms with Crippen molar-refractivity contribution in [3.8, 4) is 5.69 Å². The quantitative estimate of drug-likeness (QED) is 0.763. The summed E-state index contributed by atoms with van der Waals surface area (Å²) < 4.78 is 1.59. The zero-order chi connectivity index (χ0) is 14.7. The Bertz CT molecular complexity index is 746. The Labute approximate surface area is 121 Å². The first kappa shape index (κ1) is 13.0. The average molecular weight is 282 g/mol. The Hall–Kier alpha value is -2.96. The summed E-state index contributed by atoms with van der Waals surface area (Å²) in [5, 5.41) is 17.4. The van der Waals surface area contributed by atoms with Gasteiger partial charge < -0.3 is 5.32 Å². The number of nitrogens with one attached hydrogen (secondary N) is 2. The largest absolute Gasteiger partial charge is 0.319 e. The molecule has 3 aromatic rings. The predicted molar refractivity (Wildman–Crippen MR) is 77.3 cm³/mol. The first-order valence-corrected chi connectivity index (χ1v) is 6.59. The van der Waals surface area contributed by atoms with Crippen LogP contribution in [0.2, 0.25) is 0 Å². The van der Waals surface area contributed by atoms with Crippen LogP contribution in [0.5, 0.6) is 0 Å². The summed E-state index contributed by atoms with van der Waals surface area (Å²) in [5.74, 6) is -0.265. The second kappa shape index (κ2) is 5.58. The first-order valence-electron chi connectivity index (χ1n) is 6.59. The molecule has 0 saturated heterocycles. The minimum Gasteiger partial charge on any atom is -0.319 e. The van der Waals surface area contributed by atoms with Crippen LogP contribution < -0.4 is 5.32 Å². The van der Waals surface area contributed by atoms with E-state index in [2.05, 4.69) is 25.8 Å². The van der Waals surface area contributed by atoms with E-state index in [1.165, 1.54) is 0 Å². The molecule has 0 aliphatic carbocycles. The summed E-state index contributed by atoms with van der Waals surface area (Å²) in [6.07, 6.45) is 4.10. The molecule has 0 unspecified atom stereocenters. The maximum Gasteiger partial charge on any atom is 0.276 e. The van der Waals surface area contributed by atoms with Crippen LogP contribution in [0.4, 0.5) is 5.69 Å². The number of H-pyrrole nitrogens is 1. The van der Waals surface area contributed by atoms with Crippen molar-refractivity contribution in [1.82, 2.24) is 25.2 Å². The van der Waals surface area contributed by atoms with Crippen LogP contribution in [0.15, 0.2) is 42.7 Å². The fraction of sp³-hybridized carbons (Fsp3) is 0.143. The molecular weight excluding hydrogens is 268 g/mol. The monoisotopic (exact) mass is 282 g/mol. The minimum atomic E-state index is -0.265. The number of rotatable bonds is 4. The number of carbonyl (C=O) groups excluding carboxylic acids is 1. The fourth-order valence-corrected chi connectivity index (χ4v) is 1.96. The zero-order valence-electron chi connectivity index (χ0n) is 11.4. The number of aromatic nitrogens is 5. The Balaban J connectivity index is 1.86. The topological polar surface area (TPSA) is 88.5 Å². The molecule has 2 aromatic heterocycles. The van der Waals surface area contributed by atoms with Gasteiger partial charge in [-0.2, -0.15) is 5.10 Å². The normalized spacial score (nSPS) is 10.5. The van der Waals surface area contributed by atoms with E-state index in [4.69, 9.17) is 0 Å². The second-order valence-electron chi connectivity index (χ2n) is 4.45. The second-order valence-corrected chi connectivity index (χ2v) is 4.45. The molecule has 1 aromatic carbocycles. The van der Waals surface area contributed by atoms with Gasteiger partial charge in [0.2, 0.25) is 0 Å². The summed E-state index contributed by atoms with van der Waals surface area (Å²) >= 11 is 0. The number of aromatic amines is 1. The molecule has 0 radical (unpaired) electrons. The zero-order valence-corrected chi connectivity index (χ0v) is 11.4. The molecule has 0 aliphatic rings. The maximum atomic E-state index is 12.2. The van der Waals surface area contributed by atoms with Crippen LogP contribution in [0, 0.1) is 0 Å². The highest BCUT2D eigenvalue weighted by molar-refractivity contribution is 6.04. The molecule has 0 aliphatic heterocycles. The Morgan fingerprint density at radius 2 is 2.24 bits per heavy atom. The number of hydrogen-bond acceptors (Lipinski definition) is 4. The van der Waals surface area contributed by atoms with E-state index in [1.54, 1.807) is 23.1 Å². The standard InChI is InChI=1S/C14H14N6O/c1-2-10-9-12(18-17-10)14(21)16-11-5-3-4-6-13(11)20-8-7-15-19-20/h3-9H,2H2,1H3,(H,16,21)(H,17,18). The van der Waals surface area contributed by atoms with E-state index in [1.807, 2.05) is 31.2 Å². The molecule has 1 amide bonds. The van der Waals surface area contributed by atoms with Crippen molar-refractivity contribution in [2.75, 3.05) is 5.32 Å². The van der Waals surface area contributed by atoms with Crippen LogP contribution in [0.25, 0.3) is 5.69 Å². The third kappa shape index (κ3) is 2.66. The van der Waals surface area contributed by atoms with Crippen molar-refractivity contribution >= 4 is 11.6 Å². The number of nitrogens with zero attached hydrogens (tertiary/aromatic N) is 4. The fourth-order valence-electron chi connectivity index (χ4n) is 1.96. The van der Waals surface area contributed by atoms with Crippen LogP contribution in [0.1, 0.15) is 23.1 Å². The first-order chi connectivity index (χ1) is 10.3. The van der Waals surface area contributed by atoms with E-state index in [-0.39, 0.29) is 5.91 Å². The molecule has 0 saturated carbocycles. The van der Waals surface area contributed by atoms with Gasteiger partial charge in [-0.05, 0) is 24.6 Å². The lowest BCUT2D eigenvalue weighted by molar-refractivity contribution is 0.102. The van der Waals surface area contributed by atoms with Crippen molar-refractivity contribution in [1.29, 1.82) is 0 Å². The molecule has 3 rings (SSSR count). The number of para-hydroxylation sites is 2. The van der Waals surface area contributed by atoms with E-state index < -0.39 is 0 Å². The Kier molecular flexibility index (Phi) is 3.46. The van der Waals surface area contributed by atoms with Gasteiger partial charge >= 0.3 is 0 Å². The molecular formula is C14H14N6O. The van der Waals surface area contributed by atoms with Crippen molar-refractivity contribution in [3.63, 3.8) is 0 Å². The summed E-state index contributed by atoms with van der Waals surface area (Å²) in [4.78, 5) is 12.2. The van der Waals surface area contributed by atoms with Gasteiger partial charge in [-0.3, -0.25) is 9.89 Å². The highest BCUT2D eigenvalue weighted by Crippen LogP contribution is 2.19. The molecule has 7 heteroatoms. The van der Waals surface area contributed by atoms with Crippen LogP contribution in [-0.4, -0.2) is 31.1 Å². The number of hydrogen-bond donors (Lipinski definition) is 2. The molecule has 106 valence electrons. The lowest BCUT2D eigenvalue weighted by atomic mass is 10.2. The van der Waals surface area contributed by atoms with Gasteiger partial charge in [0.25, 0.3) is 5.91 Å². The molecule has 0 fully saturated rings. The number of aryl methyl sites for hydroxylation is 1. The van der Waals surface area contributed by atoms with Crippen molar-refractivity contribution < 1.29 is 4.79 Å². The van der Waals surface area contributed by atoms with Crippen molar-refractivity contribution in [2.45, 2.75) is 13.3 Å². The summed E-state index contributed by atoms with van der Waals surface area (Å²) in [6, 6.07) is 9.12. The lowest BCUT2D eigenvalue weighted by Crippen LogP contribution is -2.14. The maximum absolute atomic E-state index is 12.2. The van der Waals surface area contributed by atoms with Crippen molar-refractivity contribution in [3.05, 3.63) is 54.1 Å². The lowest BCUT2D eigenvalue weighted by Gasteiger charge is -2.09. The van der Waals surface area contributed by atoms with Crippen LogP contribution in [-0.2, 0) is 6.42 Å². The van der Waals surface area contributed by atoms with E-state index in [0.29, 0.717) is 11.4 Å². The Morgan fingerprint density at radius 1 is 1.38 bits per heavy atom. The number of anilines is 1. The van der Waals surface area contributed by atoms with Crippen LogP contribution in [0.3, 0.4) is 0 Å². The van der Waals surface area contributed by atoms with Gasteiger partial charge in [0.15, 0.2) is 5.69 Å². The van der Waals surface area contributed by atoms with E-state index in [0.717, 1.165) is 17.8 Å². The SMILES string of the molecule is CCc1cc(C(=O)Nc2ccccc2-n2ccnn2)n[nH]1. The molecule has 21 heavy (non-hydrogen) atoms. The summed E-state index contributed by atoms with van der Waals surface area (Å²) in [6.45, 7) is 2.00. The third-order valence-electron chi connectivity index (χ3n) is 3.07. The molecule has 7 nitrogen and oxygen atoms in total. The molecule has 0 spiro atoms. The van der Waals surface area contributed by atoms with Gasteiger partial charge in [-0.1, -0.05) is 24.3 Å². The van der Waals surface area contributed by atoms with E-state index in [9.17, 15) is 4.79 Å². The van der Waals surface area contributed by atoms with Crippen molar-refractivity contribution in [2.24, 2.45) is 0 Å². The number of amides is 1. The summed E-state index contributed by atoms with van der Waals surface area (Å²) in [5.41, 5.74) is 2.67. The summed E-state index contributed by atoms with van der Waals surface area (Å²) in [7, 11) is 0. The van der Waals surface area contributed by atoms with Gasteiger partial charge in [-0.15, -0.1) is 5.10 Å². The average Bonchev–Trinajstić information content (AvgIpc) is 3.19. The van der Waals surface area contributed by atoms with Gasteiger partial charge in [-0.25, -0.2) is 4.68 Å². The molecule has 0 bridgehead atoms. The Morgan fingerprint density at radius 3 is 2.95 bits per heavy atom. The van der Waals surface area contributed by atoms with Gasteiger partial charge in [0.05, 0.1) is 23.8 Å². The van der Waals surface area contributed by atoms with Gasteiger partial charge in [0, 0.05) is 5.69 Å². The number of carbonyl (C=O) groups is 1. The van der Waals surface area contributed by atoms with Gasteiger partial charge in [0.1, 0.15) is 0 Å². The highest BCUT2D eigenvalue weighted by atomic mass is 16.1. The molecule has 2 N–H and O–H groups in total. The highest BCUT2D eigenvalue weighted by Gasteiger charge is 2.13. The van der Waals surface area contributed by atoms with E-state index >= 15 is 0 Å². The molecule has 2 heterocycles.